The topological polar surface area (TPSA) is 109 Å². The van der Waals surface area contributed by atoms with Gasteiger partial charge in [0, 0.05) is 37.6 Å². The summed E-state index contributed by atoms with van der Waals surface area (Å²) in [5, 5.41) is 8.24. The highest BCUT2D eigenvalue weighted by molar-refractivity contribution is 7.91. The molecule has 0 N–H and O–H groups in total. The van der Waals surface area contributed by atoms with Gasteiger partial charge >= 0.3 is 0 Å². The number of nitrogens with zero attached hydrogens (tertiary/aromatic N) is 5. The number of sulfone groups is 1. The lowest BCUT2D eigenvalue weighted by molar-refractivity contribution is 0.0762. The van der Waals surface area contributed by atoms with Crippen LogP contribution in [0.25, 0.3) is 0 Å². The zero-order valence-corrected chi connectivity index (χ0v) is 19.6. The molecule has 9 nitrogen and oxygen atoms in total. The third-order valence-electron chi connectivity index (χ3n) is 6.27. The van der Waals surface area contributed by atoms with E-state index in [1.165, 1.54) is 19.5 Å². The van der Waals surface area contributed by atoms with Crippen LogP contribution in [-0.2, 0) is 30.6 Å². The number of hydrogen-bond donors (Lipinski definition) is 0. The van der Waals surface area contributed by atoms with Crippen molar-refractivity contribution in [1.29, 1.82) is 0 Å². The highest BCUT2D eigenvalue weighted by Crippen LogP contribution is 2.46. The highest BCUT2D eigenvalue weighted by atomic mass is 35.5. The summed E-state index contributed by atoms with van der Waals surface area (Å²) in [7, 11) is -2.20. The summed E-state index contributed by atoms with van der Waals surface area (Å²) in [6.45, 7) is 5.09. The van der Waals surface area contributed by atoms with Crippen molar-refractivity contribution in [3.8, 4) is 0 Å². The van der Waals surface area contributed by atoms with E-state index in [1.54, 1.807) is 6.92 Å². The minimum absolute atomic E-state index is 0.135. The second kappa shape index (κ2) is 8.73. The van der Waals surface area contributed by atoms with E-state index in [9.17, 15) is 8.42 Å². The number of methoxy groups -OCH3 is 1. The summed E-state index contributed by atoms with van der Waals surface area (Å²) >= 11 is 5.86. The van der Waals surface area contributed by atoms with Gasteiger partial charge in [-0.05, 0) is 39.5 Å². The van der Waals surface area contributed by atoms with Crippen molar-refractivity contribution in [1.82, 2.24) is 24.7 Å². The van der Waals surface area contributed by atoms with E-state index in [-0.39, 0.29) is 23.0 Å². The molecule has 2 aromatic heterocycles. The van der Waals surface area contributed by atoms with Gasteiger partial charge in [0.1, 0.15) is 23.5 Å². The van der Waals surface area contributed by atoms with Crippen LogP contribution in [-0.4, -0.2) is 58.7 Å². The second-order valence-corrected chi connectivity index (χ2v) is 11.4. The predicted octanol–water partition coefficient (Wildman–Crippen LogP) is 2.82. The molecule has 0 unspecified atom stereocenters. The summed E-state index contributed by atoms with van der Waals surface area (Å²) in [4.78, 5) is 8.29. The van der Waals surface area contributed by atoms with Crippen LogP contribution in [0.15, 0.2) is 12.4 Å². The first kappa shape index (κ1) is 22.6. The fourth-order valence-electron chi connectivity index (χ4n) is 4.10. The van der Waals surface area contributed by atoms with Crippen molar-refractivity contribution >= 4 is 21.4 Å². The molecule has 1 saturated heterocycles. The Morgan fingerprint density at radius 2 is 2.03 bits per heavy atom. The van der Waals surface area contributed by atoms with E-state index < -0.39 is 21.2 Å². The van der Waals surface area contributed by atoms with E-state index in [1.807, 2.05) is 0 Å². The van der Waals surface area contributed by atoms with Gasteiger partial charge in [-0.15, -0.1) is 10.2 Å². The van der Waals surface area contributed by atoms with Crippen molar-refractivity contribution in [3.63, 3.8) is 0 Å². The standard InChI is InChI=1S/C20H28ClN5O4S/c1-13(17(29-3)18-22-9-15(21)10-23-18)31(27,28)12-16-24-25-19(14-5-4-8-30-11-14)26(16)20(2)6-7-20/h9-10,13-14,17H,4-8,11-12H2,1-3H3/t13-,14+,17-/m0/s1. The molecule has 3 atom stereocenters. The summed E-state index contributed by atoms with van der Waals surface area (Å²) in [5.74, 6) is 1.50. The molecule has 3 heterocycles. The lowest BCUT2D eigenvalue weighted by atomic mass is 10.0. The first-order chi connectivity index (χ1) is 14.7. The molecule has 0 aromatic carbocycles. The average Bonchev–Trinajstić information content (AvgIpc) is 3.36. The smallest absolute Gasteiger partial charge is 0.163 e. The number of ether oxygens (including phenoxy) is 2. The van der Waals surface area contributed by atoms with Crippen LogP contribution in [0.5, 0.6) is 0 Å². The molecule has 4 rings (SSSR count). The van der Waals surface area contributed by atoms with E-state index in [4.69, 9.17) is 21.1 Å². The maximum Gasteiger partial charge on any atom is 0.163 e. The van der Waals surface area contributed by atoms with Crippen LogP contribution in [0.3, 0.4) is 0 Å². The first-order valence-corrected chi connectivity index (χ1v) is 12.6. The van der Waals surface area contributed by atoms with Gasteiger partial charge in [-0.25, -0.2) is 18.4 Å². The van der Waals surface area contributed by atoms with Crippen molar-refractivity contribution in [2.45, 2.75) is 68.1 Å². The van der Waals surface area contributed by atoms with Gasteiger partial charge in [0.15, 0.2) is 15.7 Å². The van der Waals surface area contributed by atoms with E-state index in [0.29, 0.717) is 17.5 Å². The molecule has 1 aliphatic heterocycles. The second-order valence-electron chi connectivity index (χ2n) is 8.65. The number of aromatic nitrogens is 5. The fraction of sp³-hybridized carbons (Fsp3) is 0.700. The molecule has 31 heavy (non-hydrogen) atoms. The van der Waals surface area contributed by atoms with E-state index >= 15 is 0 Å². The molecule has 170 valence electrons. The molecule has 2 aliphatic rings. The Labute approximate surface area is 187 Å². The van der Waals surface area contributed by atoms with Crippen molar-refractivity contribution in [2.24, 2.45) is 0 Å². The van der Waals surface area contributed by atoms with Crippen LogP contribution in [0.1, 0.15) is 69.0 Å². The van der Waals surface area contributed by atoms with Gasteiger partial charge in [-0.1, -0.05) is 11.6 Å². The molecule has 0 bridgehead atoms. The molecule has 0 spiro atoms. The van der Waals surface area contributed by atoms with E-state index in [2.05, 4.69) is 31.7 Å². The number of halogens is 1. The summed E-state index contributed by atoms with van der Waals surface area (Å²) in [5.41, 5.74) is -0.135. The molecule has 1 aliphatic carbocycles. The SMILES string of the molecule is CO[C@H](c1ncc(Cl)cn1)[C@H](C)S(=O)(=O)Cc1nnc([C@@H]2CCCOC2)n1C1(C)CC1. The highest BCUT2D eigenvalue weighted by Gasteiger charge is 2.45. The Kier molecular flexibility index (Phi) is 6.35. The molecule has 2 aromatic rings. The van der Waals surface area contributed by atoms with Crippen LogP contribution in [0.4, 0.5) is 0 Å². The lowest BCUT2D eigenvalue weighted by Gasteiger charge is -2.26. The Hall–Kier alpha value is -1.62. The Bertz CT molecular complexity index is 1020. The number of rotatable bonds is 8. The maximum absolute atomic E-state index is 13.4. The zero-order chi connectivity index (χ0) is 22.2. The van der Waals surface area contributed by atoms with Gasteiger partial charge in [0.2, 0.25) is 0 Å². The summed E-state index contributed by atoms with van der Waals surface area (Å²) in [6, 6.07) is 0. The molecule has 2 fully saturated rings. The fourth-order valence-corrected chi connectivity index (χ4v) is 5.62. The van der Waals surface area contributed by atoms with Gasteiger partial charge in [-0.3, -0.25) is 0 Å². The molecule has 0 radical (unpaired) electrons. The minimum atomic E-state index is -3.65. The molecular formula is C20H28ClN5O4S. The maximum atomic E-state index is 13.4. The lowest BCUT2D eigenvalue weighted by Crippen LogP contribution is -2.31. The van der Waals surface area contributed by atoms with Crippen LogP contribution >= 0.6 is 11.6 Å². The Morgan fingerprint density at radius 3 is 2.61 bits per heavy atom. The Balaban J connectivity index is 1.61. The summed E-state index contributed by atoms with van der Waals surface area (Å²) in [6.07, 6.45) is 5.94. The summed E-state index contributed by atoms with van der Waals surface area (Å²) < 4.78 is 39.9. The van der Waals surface area contributed by atoms with Crippen LogP contribution < -0.4 is 0 Å². The van der Waals surface area contributed by atoms with E-state index in [0.717, 1.165) is 38.1 Å². The van der Waals surface area contributed by atoms with Crippen LogP contribution in [0, 0.1) is 0 Å². The predicted molar refractivity (Wildman–Crippen MR) is 115 cm³/mol. The third-order valence-corrected chi connectivity index (χ3v) is 8.50. The van der Waals surface area contributed by atoms with Crippen LogP contribution in [0.2, 0.25) is 5.02 Å². The molecular weight excluding hydrogens is 442 g/mol. The molecule has 11 heteroatoms. The third kappa shape index (κ3) is 4.62. The van der Waals surface area contributed by atoms with Crippen molar-refractivity contribution in [2.75, 3.05) is 20.3 Å². The average molecular weight is 470 g/mol. The first-order valence-electron chi connectivity index (χ1n) is 10.5. The molecule has 0 amide bonds. The van der Waals surface area contributed by atoms with Gasteiger partial charge in [-0.2, -0.15) is 0 Å². The Morgan fingerprint density at radius 1 is 1.32 bits per heavy atom. The quantitative estimate of drug-likeness (QED) is 0.580. The van der Waals surface area contributed by atoms with Gasteiger partial charge < -0.3 is 14.0 Å². The van der Waals surface area contributed by atoms with Gasteiger partial charge in [0.25, 0.3) is 0 Å². The van der Waals surface area contributed by atoms with Gasteiger partial charge in [0.05, 0.1) is 16.9 Å². The zero-order valence-electron chi connectivity index (χ0n) is 18.0. The minimum Gasteiger partial charge on any atom is -0.381 e. The molecule has 1 saturated carbocycles. The number of hydrogen-bond acceptors (Lipinski definition) is 8. The largest absolute Gasteiger partial charge is 0.381 e. The van der Waals surface area contributed by atoms with Crippen molar-refractivity contribution in [3.05, 3.63) is 34.9 Å². The normalized spacial score (nSPS) is 22.8. The van der Waals surface area contributed by atoms with Crippen molar-refractivity contribution < 1.29 is 17.9 Å². The monoisotopic (exact) mass is 469 g/mol.